The summed E-state index contributed by atoms with van der Waals surface area (Å²) in [6.07, 6.45) is 4.40. The van der Waals surface area contributed by atoms with Crippen molar-refractivity contribution in [3.63, 3.8) is 0 Å². The van der Waals surface area contributed by atoms with Crippen LogP contribution in [-0.4, -0.2) is 23.3 Å². The van der Waals surface area contributed by atoms with Gasteiger partial charge in [0.25, 0.3) is 0 Å². The molecule has 0 heterocycles. The third-order valence-corrected chi connectivity index (χ3v) is 3.49. The van der Waals surface area contributed by atoms with Crippen LogP contribution in [-0.2, 0) is 0 Å². The lowest BCUT2D eigenvalue weighted by Gasteiger charge is -2.36. The standard InChI is InChI=1S/C12H25NO/c1-9(12(2,3)4)13-10-7-5-6-8-11(10)14/h9-11,13-14H,5-8H2,1-4H3/t9?,10-,11-/m0/s1. The highest BCUT2D eigenvalue weighted by molar-refractivity contribution is 4.86. The molecule has 0 saturated heterocycles. The number of aliphatic hydroxyl groups excluding tert-OH is 1. The third-order valence-electron chi connectivity index (χ3n) is 3.49. The monoisotopic (exact) mass is 199 g/mol. The number of hydrogen-bond acceptors (Lipinski definition) is 2. The summed E-state index contributed by atoms with van der Waals surface area (Å²) in [5.41, 5.74) is 0.275. The molecular weight excluding hydrogens is 174 g/mol. The van der Waals surface area contributed by atoms with E-state index in [0.717, 1.165) is 12.8 Å². The van der Waals surface area contributed by atoms with Crippen molar-refractivity contribution in [2.75, 3.05) is 0 Å². The quantitative estimate of drug-likeness (QED) is 0.715. The highest BCUT2D eigenvalue weighted by Gasteiger charge is 2.28. The first kappa shape index (κ1) is 12.0. The van der Waals surface area contributed by atoms with E-state index in [0.29, 0.717) is 12.1 Å². The molecule has 84 valence electrons. The Kier molecular flexibility index (Phi) is 3.96. The molecule has 1 aliphatic carbocycles. The van der Waals surface area contributed by atoms with Gasteiger partial charge in [-0.05, 0) is 25.2 Å². The molecule has 0 spiro atoms. The Morgan fingerprint density at radius 2 is 1.79 bits per heavy atom. The molecule has 3 atom stereocenters. The Labute approximate surface area is 88.1 Å². The van der Waals surface area contributed by atoms with Crippen LogP contribution in [0.3, 0.4) is 0 Å². The number of nitrogens with one attached hydrogen (secondary N) is 1. The molecule has 14 heavy (non-hydrogen) atoms. The molecule has 1 rings (SSSR count). The van der Waals surface area contributed by atoms with Crippen LogP contribution in [0.15, 0.2) is 0 Å². The van der Waals surface area contributed by atoms with Gasteiger partial charge in [-0.25, -0.2) is 0 Å². The van der Waals surface area contributed by atoms with Crippen molar-refractivity contribution in [2.45, 2.75) is 71.6 Å². The van der Waals surface area contributed by atoms with Crippen molar-refractivity contribution in [1.82, 2.24) is 5.32 Å². The summed E-state index contributed by atoms with van der Waals surface area (Å²) < 4.78 is 0. The molecule has 0 aromatic rings. The van der Waals surface area contributed by atoms with Gasteiger partial charge in [0.1, 0.15) is 0 Å². The largest absolute Gasteiger partial charge is 0.392 e. The fourth-order valence-electron chi connectivity index (χ4n) is 1.88. The molecule has 0 aliphatic heterocycles. The Bertz CT molecular complexity index is 174. The summed E-state index contributed by atoms with van der Waals surface area (Å²) >= 11 is 0. The van der Waals surface area contributed by atoms with E-state index in [4.69, 9.17) is 0 Å². The first-order valence-electron chi connectivity index (χ1n) is 5.85. The summed E-state index contributed by atoms with van der Waals surface area (Å²) in [7, 11) is 0. The molecule has 2 N–H and O–H groups in total. The smallest absolute Gasteiger partial charge is 0.0693 e. The molecule has 1 aliphatic rings. The van der Waals surface area contributed by atoms with Gasteiger partial charge in [-0.3, -0.25) is 0 Å². The van der Waals surface area contributed by atoms with E-state index >= 15 is 0 Å². The van der Waals surface area contributed by atoms with Gasteiger partial charge >= 0.3 is 0 Å². The van der Waals surface area contributed by atoms with Crippen molar-refractivity contribution >= 4 is 0 Å². The van der Waals surface area contributed by atoms with Crippen LogP contribution in [0.25, 0.3) is 0 Å². The first-order valence-corrected chi connectivity index (χ1v) is 5.85. The Morgan fingerprint density at radius 3 is 2.29 bits per heavy atom. The van der Waals surface area contributed by atoms with Crippen LogP contribution in [0, 0.1) is 5.41 Å². The van der Waals surface area contributed by atoms with Crippen molar-refractivity contribution in [3.8, 4) is 0 Å². The fourth-order valence-corrected chi connectivity index (χ4v) is 1.88. The van der Waals surface area contributed by atoms with Crippen LogP contribution in [0.5, 0.6) is 0 Å². The zero-order valence-electron chi connectivity index (χ0n) is 10.0. The summed E-state index contributed by atoms with van der Waals surface area (Å²) in [6, 6.07) is 0.776. The number of aliphatic hydroxyl groups is 1. The Morgan fingerprint density at radius 1 is 1.21 bits per heavy atom. The van der Waals surface area contributed by atoms with Gasteiger partial charge in [0.05, 0.1) is 6.10 Å². The van der Waals surface area contributed by atoms with E-state index in [-0.39, 0.29) is 11.5 Å². The highest BCUT2D eigenvalue weighted by atomic mass is 16.3. The van der Waals surface area contributed by atoms with Crippen LogP contribution in [0.2, 0.25) is 0 Å². The van der Waals surface area contributed by atoms with E-state index in [1.54, 1.807) is 0 Å². The van der Waals surface area contributed by atoms with E-state index in [2.05, 4.69) is 33.0 Å². The van der Waals surface area contributed by atoms with Crippen LogP contribution < -0.4 is 5.32 Å². The topological polar surface area (TPSA) is 32.3 Å². The molecule has 1 fully saturated rings. The summed E-state index contributed by atoms with van der Waals surface area (Å²) in [5.74, 6) is 0. The SMILES string of the molecule is CC(N[C@H]1CCCC[C@@H]1O)C(C)(C)C. The van der Waals surface area contributed by atoms with Crippen molar-refractivity contribution in [1.29, 1.82) is 0 Å². The molecule has 1 saturated carbocycles. The van der Waals surface area contributed by atoms with Crippen molar-refractivity contribution < 1.29 is 5.11 Å². The average Bonchev–Trinajstić information content (AvgIpc) is 2.07. The predicted octanol–water partition coefficient (Wildman–Crippen LogP) is 2.31. The highest BCUT2D eigenvalue weighted by Crippen LogP contribution is 2.23. The minimum absolute atomic E-state index is 0.131. The van der Waals surface area contributed by atoms with Crippen molar-refractivity contribution in [2.24, 2.45) is 5.41 Å². The number of hydrogen-bond donors (Lipinski definition) is 2. The minimum atomic E-state index is -0.131. The lowest BCUT2D eigenvalue weighted by molar-refractivity contribution is 0.0760. The molecule has 0 aromatic heterocycles. The summed E-state index contributed by atoms with van der Waals surface area (Å²) in [4.78, 5) is 0. The molecule has 1 unspecified atom stereocenters. The molecule has 0 radical (unpaired) electrons. The fraction of sp³-hybridized carbons (Fsp3) is 1.00. The van der Waals surface area contributed by atoms with Gasteiger partial charge in [-0.1, -0.05) is 33.6 Å². The second-order valence-corrected chi connectivity index (χ2v) is 5.71. The zero-order valence-corrected chi connectivity index (χ0v) is 10.0. The number of rotatable bonds is 2. The zero-order chi connectivity index (χ0) is 10.8. The predicted molar refractivity (Wildman–Crippen MR) is 60.3 cm³/mol. The van der Waals surface area contributed by atoms with Gasteiger partial charge < -0.3 is 10.4 Å². The van der Waals surface area contributed by atoms with Crippen LogP contribution >= 0.6 is 0 Å². The first-order chi connectivity index (χ1) is 6.41. The molecular formula is C12H25NO. The molecule has 0 aromatic carbocycles. The lowest BCUT2D eigenvalue weighted by atomic mass is 9.85. The van der Waals surface area contributed by atoms with E-state index in [9.17, 15) is 5.11 Å². The Balaban J connectivity index is 2.42. The normalized spacial score (nSPS) is 31.5. The minimum Gasteiger partial charge on any atom is -0.392 e. The van der Waals surface area contributed by atoms with Gasteiger partial charge in [-0.2, -0.15) is 0 Å². The third kappa shape index (κ3) is 3.25. The van der Waals surface area contributed by atoms with E-state index < -0.39 is 0 Å². The summed E-state index contributed by atoms with van der Waals surface area (Å²) in [5, 5.41) is 13.4. The van der Waals surface area contributed by atoms with Gasteiger partial charge in [-0.15, -0.1) is 0 Å². The average molecular weight is 199 g/mol. The lowest BCUT2D eigenvalue weighted by Crippen LogP contribution is -2.50. The van der Waals surface area contributed by atoms with Gasteiger partial charge in [0, 0.05) is 12.1 Å². The maximum Gasteiger partial charge on any atom is 0.0693 e. The van der Waals surface area contributed by atoms with Gasteiger partial charge in [0.15, 0.2) is 0 Å². The van der Waals surface area contributed by atoms with Crippen LogP contribution in [0.4, 0.5) is 0 Å². The van der Waals surface area contributed by atoms with Crippen LogP contribution in [0.1, 0.15) is 53.4 Å². The molecule has 2 nitrogen and oxygen atoms in total. The second kappa shape index (κ2) is 4.63. The molecule has 2 heteroatoms. The maximum atomic E-state index is 9.82. The summed E-state index contributed by atoms with van der Waals surface area (Å²) in [6.45, 7) is 8.92. The van der Waals surface area contributed by atoms with Crippen molar-refractivity contribution in [3.05, 3.63) is 0 Å². The van der Waals surface area contributed by atoms with E-state index in [1.807, 2.05) is 0 Å². The Hall–Kier alpha value is -0.0800. The molecule has 0 bridgehead atoms. The second-order valence-electron chi connectivity index (χ2n) is 5.71. The van der Waals surface area contributed by atoms with Gasteiger partial charge in [0.2, 0.25) is 0 Å². The molecule has 0 amide bonds. The maximum absolute atomic E-state index is 9.82. The van der Waals surface area contributed by atoms with E-state index in [1.165, 1.54) is 12.8 Å².